The van der Waals surface area contributed by atoms with Gasteiger partial charge in [-0.2, -0.15) is 0 Å². The second-order valence-electron chi connectivity index (χ2n) is 30.2. The van der Waals surface area contributed by atoms with E-state index in [0.29, 0.717) is 43.9 Å². The van der Waals surface area contributed by atoms with Crippen LogP contribution in [0.4, 0.5) is 0 Å². The van der Waals surface area contributed by atoms with Crippen LogP contribution in [-0.4, -0.2) is 316 Å². The zero-order chi connectivity index (χ0) is 70.9. The van der Waals surface area contributed by atoms with Crippen molar-refractivity contribution < 1.29 is 154 Å². The Labute approximate surface area is 563 Å². The number of hydrogen-bond donors (Lipinski definition) is 18. The van der Waals surface area contributed by atoms with Crippen molar-refractivity contribution in [3.05, 3.63) is 23.3 Å². The lowest BCUT2D eigenvalue weighted by Crippen LogP contribution is -2.67. The second-order valence-corrected chi connectivity index (χ2v) is 30.2. The molecule has 558 valence electrons. The standard InChI is InChI=1S/C66H108O31/c1-26(2)27(3)9-10-28(4)30-14-18-66(62(84)85)32-11-12-39-63(5,6)40(15-16-64(39,7)31(32)13-17-65(30,66)8)93-60-55(97-59-50(82)46(78)42(74)36(22-69)90-59)52(33(72)25-86-60)94-56-44(76)34(19-29(20-67)87-56)88-57-51(83)48(80)53(38(24-71)92-57)95-61-54(47(79)43(75)37(23-70)91-61)96-58-49(81)45(77)41(73)35(21-68)89-58/h26,28-30,33-61,67-83H,3,9-25H2,1-2,4-8H3,(H,84,85). The Balaban J connectivity index is 0.869. The van der Waals surface area contributed by atoms with Crippen LogP contribution in [0.5, 0.6) is 0 Å². The molecule has 0 spiro atoms. The normalized spacial score (nSPS) is 49.8. The number of aliphatic hydroxyl groups excluding tert-OH is 17. The molecule has 97 heavy (non-hydrogen) atoms. The molecule has 35 unspecified atom stereocenters. The van der Waals surface area contributed by atoms with Crippen molar-refractivity contribution >= 4 is 5.97 Å². The lowest BCUT2D eigenvalue weighted by Gasteiger charge is -2.62. The molecule has 0 radical (unpaired) electrons. The maximum Gasteiger partial charge on any atom is 0.314 e. The summed E-state index contributed by atoms with van der Waals surface area (Å²) in [4.78, 5) is 14.1. The van der Waals surface area contributed by atoms with Crippen LogP contribution >= 0.6 is 0 Å². The minimum absolute atomic E-state index is 0.0523. The average molecular weight is 1400 g/mol. The van der Waals surface area contributed by atoms with Gasteiger partial charge >= 0.3 is 5.97 Å². The Morgan fingerprint density at radius 1 is 0.515 bits per heavy atom. The number of aliphatic carboxylic acids is 1. The predicted molar refractivity (Wildman–Crippen MR) is 328 cm³/mol. The fourth-order valence-electron chi connectivity index (χ4n) is 18.3. The van der Waals surface area contributed by atoms with Crippen molar-refractivity contribution in [3.8, 4) is 0 Å². The van der Waals surface area contributed by atoms with Crippen LogP contribution in [0.3, 0.4) is 0 Å². The first-order valence-electron chi connectivity index (χ1n) is 34.4. The zero-order valence-electron chi connectivity index (χ0n) is 56.1. The lowest BCUT2D eigenvalue weighted by molar-refractivity contribution is -0.398. The van der Waals surface area contributed by atoms with Gasteiger partial charge < -0.3 is 149 Å². The van der Waals surface area contributed by atoms with Crippen molar-refractivity contribution in [2.45, 2.75) is 297 Å². The molecule has 18 N–H and O–H groups in total. The topological polar surface area (TPSA) is 492 Å². The highest BCUT2D eigenvalue weighted by Gasteiger charge is 2.69. The fourth-order valence-corrected chi connectivity index (χ4v) is 18.3. The summed E-state index contributed by atoms with van der Waals surface area (Å²) in [6.45, 7) is 14.6. The summed E-state index contributed by atoms with van der Waals surface area (Å²) in [5.41, 5.74) is 0.864. The van der Waals surface area contributed by atoms with Crippen LogP contribution in [0.1, 0.15) is 119 Å². The van der Waals surface area contributed by atoms with Crippen molar-refractivity contribution in [2.24, 2.45) is 45.3 Å². The van der Waals surface area contributed by atoms with E-state index >= 15 is 0 Å². The van der Waals surface area contributed by atoms with E-state index in [4.69, 9.17) is 56.8 Å². The van der Waals surface area contributed by atoms with Crippen LogP contribution in [0.2, 0.25) is 0 Å². The first-order chi connectivity index (χ1) is 45.8. The maximum absolute atomic E-state index is 14.1. The minimum atomic E-state index is -2.15. The molecule has 6 saturated heterocycles. The van der Waals surface area contributed by atoms with E-state index in [1.807, 2.05) is 0 Å². The first-order valence-corrected chi connectivity index (χ1v) is 34.4. The van der Waals surface area contributed by atoms with Gasteiger partial charge in [-0.15, -0.1) is 0 Å². The van der Waals surface area contributed by atoms with Gasteiger partial charge in [0.1, 0.15) is 122 Å². The van der Waals surface area contributed by atoms with Gasteiger partial charge in [0.2, 0.25) is 0 Å². The minimum Gasteiger partial charge on any atom is -0.481 e. The molecular formula is C66H108O31. The van der Waals surface area contributed by atoms with Gasteiger partial charge in [0, 0.05) is 6.42 Å². The molecule has 0 amide bonds. The van der Waals surface area contributed by atoms with Gasteiger partial charge in [-0.3, -0.25) is 4.79 Å². The van der Waals surface area contributed by atoms with Crippen molar-refractivity contribution in [1.29, 1.82) is 0 Å². The fraction of sp³-hybridized carbons (Fsp3) is 0.924. The molecular weight excluding hydrogens is 1290 g/mol. The highest BCUT2D eigenvalue weighted by Crippen LogP contribution is 2.73. The smallest absolute Gasteiger partial charge is 0.314 e. The van der Waals surface area contributed by atoms with Crippen LogP contribution < -0.4 is 0 Å². The summed E-state index contributed by atoms with van der Waals surface area (Å²) in [6, 6.07) is 0. The number of aliphatic hydroxyl groups is 17. The van der Waals surface area contributed by atoms with Crippen molar-refractivity contribution in [3.63, 3.8) is 0 Å². The summed E-state index contributed by atoms with van der Waals surface area (Å²) in [6.07, 6.45) is -44.7. The molecule has 0 bridgehead atoms. The van der Waals surface area contributed by atoms with Gasteiger partial charge in [-0.1, -0.05) is 71.8 Å². The molecule has 2 saturated carbocycles. The van der Waals surface area contributed by atoms with Crippen LogP contribution in [0, 0.1) is 45.3 Å². The summed E-state index contributed by atoms with van der Waals surface area (Å²) < 4.78 is 73.0. The predicted octanol–water partition coefficient (Wildman–Crippen LogP) is -3.60. The molecule has 8 fully saturated rings. The van der Waals surface area contributed by atoms with E-state index in [2.05, 4.69) is 55.0 Å². The van der Waals surface area contributed by atoms with E-state index in [1.54, 1.807) is 0 Å². The molecule has 31 nitrogen and oxygen atoms in total. The number of allylic oxidation sites excluding steroid dienone is 2. The van der Waals surface area contributed by atoms with E-state index in [9.17, 15) is 96.7 Å². The van der Waals surface area contributed by atoms with Crippen LogP contribution in [-0.2, 0) is 61.6 Å². The molecule has 6 aliphatic heterocycles. The van der Waals surface area contributed by atoms with Gasteiger partial charge in [0.25, 0.3) is 0 Å². The number of hydrogen-bond acceptors (Lipinski definition) is 30. The Bertz CT molecular complexity index is 2670. The van der Waals surface area contributed by atoms with Gasteiger partial charge in [0.15, 0.2) is 37.7 Å². The van der Waals surface area contributed by atoms with Crippen molar-refractivity contribution in [2.75, 3.05) is 39.6 Å². The van der Waals surface area contributed by atoms with Crippen LogP contribution in [0.25, 0.3) is 0 Å². The van der Waals surface area contributed by atoms with Gasteiger partial charge in [-0.05, 0) is 104 Å². The number of fused-ring (bicyclic) bond motifs is 4. The highest BCUT2D eigenvalue weighted by atomic mass is 16.8. The number of carboxylic acids is 1. The van der Waals surface area contributed by atoms with Crippen LogP contribution in [0.15, 0.2) is 23.3 Å². The molecule has 6 heterocycles. The molecule has 0 aromatic heterocycles. The highest BCUT2D eigenvalue weighted by molar-refractivity contribution is 5.82. The van der Waals surface area contributed by atoms with E-state index < -0.39 is 245 Å². The number of ether oxygens (including phenoxy) is 12. The Morgan fingerprint density at radius 3 is 1.61 bits per heavy atom. The quantitative estimate of drug-likeness (QED) is 0.0440. The summed E-state index contributed by atoms with van der Waals surface area (Å²) >= 11 is 0. The second kappa shape index (κ2) is 30.9. The van der Waals surface area contributed by atoms with Gasteiger partial charge in [-0.25, -0.2) is 0 Å². The van der Waals surface area contributed by atoms with E-state index in [0.717, 1.165) is 37.7 Å². The summed E-state index contributed by atoms with van der Waals surface area (Å²) in [5.74, 6) is 0.0465. The SMILES string of the molecule is C=C(CCC(C)C1CCC2(C(=O)O)C3=C(CCC12C)C1(C)CCC(OC2OCC(O)C(OC4OC(CO)CC(OC5OC(CO)C(OC6OC(CO)C(O)C(O)C6OC6OC(CO)C(O)C(O)C6O)C(O)C5O)C4O)C2OC2OC(CO)C(O)C(O)C2O)C(C)(C)C1CC3)C(C)C. The average Bonchev–Trinajstić information content (AvgIpc) is 1.60. The molecule has 31 heteroatoms. The molecule has 4 aliphatic carbocycles. The number of rotatable bonds is 23. The number of carboxylic acid groups (broad SMARTS) is 1. The Morgan fingerprint density at radius 2 is 1.03 bits per heavy atom. The third-order valence-corrected chi connectivity index (χ3v) is 24.2. The zero-order valence-corrected chi connectivity index (χ0v) is 56.1. The molecule has 10 aliphatic rings. The third kappa shape index (κ3) is 14.2. The molecule has 0 aromatic rings. The Hall–Kier alpha value is -2.21. The number of carbonyl (C=O) groups is 1. The van der Waals surface area contributed by atoms with Crippen molar-refractivity contribution in [1.82, 2.24) is 0 Å². The maximum atomic E-state index is 14.1. The lowest BCUT2D eigenvalue weighted by atomic mass is 9.43. The van der Waals surface area contributed by atoms with E-state index in [1.165, 1.54) is 11.1 Å². The summed E-state index contributed by atoms with van der Waals surface area (Å²) in [7, 11) is 0. The largest absolute Gasteiger partial charge is 0.481 e. The first kappa shape index (κ1) is 77.4. The molecule has 0 aromatic carbocycles. The molecule has 10 rings (SSSR count). The summed E-state index contributed by atoms with van der Waals surface area (Å²) in [5, 5.41) is 197. The third-order valence-electron chi connectivity index (χ3n) is 24.2. The molecule has 35 atom stereocenters. The Kier molecular flexibility index (Phi) is 24.6. The monoisotopic (exact) mass is 1400 g/mol. The van der Waals surface area contributed by atoms with Gasteiger partial charge in [0.05, 0.1) is 63.4 Å². The van der Waals surface area contributed by atoms with E-state index in [-0.39, 0.29) is 18.3 Å².